The first-order valence-corrected chi connectivity index (χ1v) is 11.3. The molecule has 0 aliphatic heterocycles. The van der Waals surface area contributed by atoms with Crippen LogP contribution in [0.4, 0.5) is 4.79 Å². The molecular weight excluding hydrogens is 442 g/mol. The number of amides is 1. The molecule has 1 fully saturated rings. The number of carboxylic acid groups (broad SMARTS) is 1. The molecule has 0 bridgehead atoms. The number of carboxylic acids is 1. The van der Waals surface area contributed by atoms with Gasteiger partial charge >= 0.3 is 12.1 Å². The lowest BCUT2D eigenvalue weighted by Crippen LogP contribution is -2.59. The molecule has 1 amide bonds. The summed E-state index contributed by atoms with van der Waals surface area (Å²) in [6.45, 7) is 1.87. The first-order valence-electron chi connectivity index (χ1n) is 10.9. The third-order valence-corrected chi connectivity index (χ3v) is 7.14. The van der Waals surface area contributed by atoms with E-state index in [9.17, 15) is 14.7 Å². The summed E-state index contributed by atoms with van der Waals surface area (Å²) in [5.41, 5.74) is 3.59. The van der Waals surface area contributed by atoms with Gasteiger partial charge in [-0.05, 0) is 47.9 Å². The molecule has 1 saturated carbocycles. The van der Waals surface area contributed by atoms with Crippen molar-refractivity contribution in [3.63, 3.8) is 0 Å². The molecule has 2 N–H and O–H groups in total. The number of aromatic nitrogens is 2. The second kappa shape index (κ2) is 8.23. The maximum Gasteiger partial charge on any atom is 0.408 e. The van der Waals surface area contributed by atoms with Gasteiger partial charge in [-0.25, -0.2) is 9.59 Å². The van der Waals surface area contributed by atoms with Crippen molar-refractivity contribution in [1.82, 2.24) is 15.1 Å². The van der Waals surface area contributed by atoms with E-state index in [0.29, 0.717) is 23.6 Å². The Morgan fingerprint density at radius 2 is 1.76 bits per heavy atom. The van der Waals surface area contributed by atoms with E-state index in [1.807, 2.05) is 36.4 Å². The molecule has 3 aromatic rings. The maximum atomic E-state index is 12.9. The number of alkyl carbamates (subject to hydrolysis) is 1. The minimum Gasteiger partial charge on any atom is -0.479 e. The fourth-order valence-electron chi connectivity index (χ4n) is 4.78. The van der Waals surface area contributed by atoms with E-state index in [4.69, 9.17) is 16.3 Å². The summed E-state index contributed by atoms with van der Waals surface area (Å²) in [6.07, 6.45) is 2.15. The molecular formula is C25H24ClN3O4. The van der Waals surface area contributed by atoms with Crippen molar-refractivity contribution in [2.45, 2.75) is 37.8 Å². The molecule has 0 saturated heterocycles. The number of benzene rings is 2. The molecule has 2 aromatic carbocycles. The molecule has 7 nitrogen and oxygen atoms in total. The average molecular weight is 466 g/mol. The van der Waals surface area contributed by atoms with E-state index in [1.165, 1.54) is 10.9 Å². The second-order valence-electron chi connectivity index (χ2n) is 8.74. The summed E-state index contributed by atoms with van der Waals surface area (Å²) in [5.74, 6) is -1.40. The van der Waals surface area contributed by atoms with Crippen LogP contribution in [0.5, 0.6) is 0 Å². The summed E-state index contributed by atoms with van der Waals surface area (Å²) in [4.78, 5) is 25.3. The largest absolute Gasteiger partial charge is 0.479 e. The zero-order valence-electron chi connectivity index (χ0n) is 18.1. The second-order valence-corrected chi connectivity index (χ2v) is 9.14. The first kappa shape index (κ1) is 21.5. The molecule has 2 aliphatic rings. The standard InChI is InChI=1S/C25H24ClN3O4/c1-15-22(26)12-27-29(15)14-25(23(30)31,16-10-11-16)28-24(32)33-13-21-19-8-4-2-6-17(19)18-7-3-5-9-20(18)21/h2-9,12,16,21H,10-11,13-14H2,1H3,(H,28,32)(H,30,31). The Labute approximate surface area is 196 Å². The fraction of sp³-hybridized carbons (Fsp3) is 0.320. The van der Waals surface area contributed by atoms with Gasteiger partial charge in [0.2, 0.25) is 0 Å². The van der Waals surface area contributed by atoms with Crippen LogP contribution in [0.25, 0.3) is 11.1 Å². The van der Waals surface area contributed by atoms with Crippen molar-refractivity contribution >= 4 is 23.7 Å². The van der Waals surface area contributed by atoms with Gasteiger partial charge in [0.05, 0.1) is 23.5 Å². The van der Waals surface area contributed by atoms with Crippen LogP contribution in [0.15, 0.2) is 54.7 Å². The quantitative estimate of drug-likeness (QED) is 0.531. The first-order chi connectivity index (χ1) is 15.9. The molecule has 33 heavy (non-hydrogen) atoms. The molecule has 170 valence electrons. The Hall–Kier alpha value is -3.32. The number of nitrogens with zero attached hydrogens (tertiary/aromatic N) is 2. The van der Waals surface area contributed by atoms with Gasteiger partial charge in [0.15, 0.2) is 5.54 Å². The zero-order valence-corrected chi connectivity index (χ0v) is 18.9. The number of hydrogen-bond donors (Lipinski definition) is 2. The SMILES string of the molecule is Cc1c(Cl)cnn1CC(NC(=O)OCC1c2ccccc2-c2ccccc21)(C(=O)O)C1CC1. The molecule has 1 aromatic heterocycles. The van der Waals surface area contributed by atoms with Crippen molar-refractivity contribution < 1.29 is 19.4 Å². The number of halogens is 1. The summed E-state index contributed by atoms with van der Waals surface area (Å²) < 4.78 is 7.15. The van der Waals surface area contributed by atoms with Gasteiger partial charge in [-0.3, -0.25) is 4.68 Å². The van der Waals surface area contributed by atoms with Crippen LogP contribution in [0.3, 0.4) is 0 Å². The minimum absolute atomic E-state index is 0.0181. The number of hydrogen-bond acceptors (Lipinski definition) is 4. The van der Waals surface area contributed by atoms with Gasteiger partial charge < -0.3 is 15.2 Å². The monoisotopic (exact) mass is 465 g/mol. The zero-order chi connectivity index (χ0) is 23.2. The van der Waals surface area contributed by atoms with Gasteiger partial charge in [-0.15, -0.1) is 0 Å². The lowest BCUT2D eigenvalue weighted by atomic mass is 9.93. The number of carbonyl (C=O) groups is 2. The highest BCUT2D eigenvalue weighted by atomic mass is 35.5. The van der Waals surface area contributed by atoms with E-state index in [1.54, 1.807) is 6.92 Å². The maximum absolute atomic E-state index is 12.9. The number of rotatable bonds is 7. The highest BCUT2D eigenvalue weighted by Gasteiger charge is 2.53. The normalized spacial score (nSPS) is 16.5. The summed E-state index contributed by atoms with van der Waals surface area (Å²) in [7, 11) is 0. The topological polar surface area (TPSA) is 93.5 Å². The summed E-state index contributed by atoms with van der Waals surface area (Å²) in [5, 5.41) is 17.5. The Morgan fingerprint density at radius 1 is 1.15 bits per heavy atom. The van der Waals surface area contributed by atoms with Crippen molar-refractivity contribution in [3.8, 4) is 11.1 Å². The highest BCUT2D eigenvalue weighted by Crippen LogP contribution is 2.45. The molecule has 8 heteroatoms. The predicted octanol–water partition coefficient (Wildman–Crippen LogP) is 4.62. The van der Waals surface area contributed by atoms with Gasteiger partial charge in [0.25, 0.3) is 0 Å². The molecule has 5 rings (SSSR count). The Bertz CT molecular complexity index is 1190. The Morgan fingerprint density at radius 3 is 2.27 bits per heavy atom. The third-order valence-electron chi connectivity index (χ3n) is 6.77. The summed E-state index contributed by atoms with van der Waals surface area (Å²) >= 11 is 6.10. The average Bonchev–Trinajstić information content (AvgIpc) is 3.56. The van der Waals surface area contributed by atoms with Crippen molar-refractivity contribution in [1.29, 1.82) is 0 Å². The Balaban J connectivity index is 1.35. The van der Waals surface area contributed by atoms with E-state index in [2.05, 4.69) is 22.5 Å². The molecule has 0 spiro atoms. The van der Waals surface area contributed by atoms with Crippen molar-refractivity contribution in [2.75, 3.05) is 6.61 Å². The number of nitrogens with one attached hydrogen (secondary N) is 1. The molecule has 1 heterocycles. The number of ether oxygens (including phenoxy) is 1. The van der Waals surface area contributed by atoms with Crippen LogP contribution in [-0.4, -0.2) is 39.1 Å². The summed E-state index contributed by atoms with van der Waals surface area (Å²) in [6, 6.07) is 16.1. The number of carbonyl (C=O) groups excluding carboxylic acids is 1. The number of aliphatic carboxylic acids is 1. The van der Waals surface area contributed by atoms with Gasteiger partial charge in [-0.2, -0.15) is 5.10 Å². The molecule has 1 atom stereocenters. The van der Waals surface area contributed by atoms with E-state index >= 15 is 0 Å². The fourth-order valence-corrected chi connectivity index (χ4v) is 4.92. The molecule has 1 unspecified atom stereocenters. The van der Waals surface area contributed by atoms with Crippen LogP contribution in [0.2, 0.25) is 5.02 Å². The lowest BCUT2D eigenvalue weighted by molar-refractivity contribution is -0.146. The van der Waals surface area contributed by atoms with Crippen LogP contribution >= 0.6 is 11.6 Å². The van der Waals surface area contributed by atoms with Crippen molar-refractivity contribution in [3.05, 3.63) is 76.6 Å². The van der Waals surface area contributed by atoms with Crippen LogP contribution in [-0.2, 0) is 16.1 Å². The predicted molar refractivity (Wildman–Crippen MR) is 123 cm³/mol. The highest BCUT2D eigenvalue weighted by molar-refractivity contribution is 6.31. The van der Waals surface area contributed by atoms with E-state index < -0.39 is 17.6 Å². The number of fused-ring (bicyclic) bond motifs is 3. The van der Waals surface area contributed by atoms with Crippen LogP contribution < -0.4 is 5.32 Å². The Kier molecular flexibility index (Phi) is 5.37. The minimum atomic E-state index is -1.51. The van der Waals surface area contributed by atoms with Gasteiger partial charge in [0.1, 0.15) is 6.61 Å². The van der Waals surface area contributed by atoms with E-state index in [0.717, 1.165) is 22.3 Å². The van der Waals surface area contributed by atoms with Crippen LogP contribution in [0.1, 0.15) is 35.6 Å². The van der Waals surface area contributed by atoms with Crippen LogP contribution in [0, 0.1) is 12.8 Å². The smallest absolute Gasteiger partial charge is 0.408 e. The molecule has 0 radical (unpaired) electrons. The van der Waals surface area contributed by atoms with E-state index in [-0.39, 0.29) is 25.0 Å². The lowest BCUT2D eigenvalue weighted by Gasteiger charge is -2.31. The van der Waals surface area contributed by atoms with Gasteiger partial charge in [0, 0.05) is 5.92 Å². The third kappa shape index (κ3) is 3.76. The van der Waals surface area contributed by atoms with Crippen molar-refractivity contribution in [2.24, 2.45) is 5.92 Å². The molecule has 2 aliphatic carbocycles. The van der Waals surface area contributed by atoms with Gasteiger partial charge in [-0.1, -0.05) is 60.1 Å².